The zero-order valence-electron chi connectivity index (χ0n) is 16.7. The van der Waals surface area contributed by atoms with Crippen LogP contribution in [0.2, 0.25) is 0 Å². The third kappa shape index (κ3) is 4.03. The van der Waals surface area contributed by atoms with E-state index in [2.05, 4.69) is 10.4 Å². The molecule has 30 heavy (non-hydrogen) atoms. The van der Waals surface area contributed by atoms with Crippen LogP contribution in [0, 0.1) is 10.1 Å². The van der Waals surface area contributed by atoms with Gasteiger partial charge in [0.15, 0.2) is 0 Å². The number of nitro groups is 1. The molecule has 1 N–H and O–H groups in total. The number of amides is 1. The Hall–Kier alpha value is -3.68. The highest BCUT2D eigenvalue weighted by molar-refractivity contribution is 5.99. The van der Waals surface area contributed by atoms with E-state index in [-0.39, 0.29) is 17.2 Å². The zero-order chi connectivity index (χ0) is 21.1. The highest BCUT2D eigenvalue weighted by atomic mass is 16.6. The molecule has 0 atom stereocenters. The standard InChI is InChI=1S/C22H23N5O3/c1-25-15-17(21(24-25)16-7-3-2-4-8-16)14-23-18-9-10-20(27(29)30)19(13-18)22(28)26-11-5-6-12-26/h2-4,7-10,13,15,23H,5-6,11-12,14H2,1H3. The van der Waals surface area contributed by atoms with E-state index in [1.54, 1.807) is 21.7 Å². The molecule has 1 aliphatic heterocycles. The lowest BCUT2D eigenvalue weighted by Gasteiger charge is -2.16. The minimum absolute atomic E-state index is 0.126. The molecule has 1 saturated heterocycles. The Labute approximate surface area is 174 Å². The Morgan fingerprint density at radius 3 is 2.60 bits per heavy atom. The minimum Gasteiger partial charge on any atom is -0.381 e. The summed E-state index contributed by atoms with van der Waals surface area (Å²) < 4.78 is 1.76. The molecule has 0 aliphatic carbocycles. The van der Waals surface area contributed by atoms with Crippen molar-refractivity contribution in [2.75, 3.05) is 18.4 Å². The van der Waals surface area contributed by atoms with Crippen LogP contribution in [0.3, 0.4) is 0 Å². The monoisotopic (exact) mass is 405 g/mol. The van der Waals surface area contributed by atoms with Gasteiger partial charge in [0.25, 0.3) is 11.6 Å². The molecule has 0 bridgehead atoms. The molecule has 154 valence electrons. The first-order chi connectivity index (χ1) is 14.5. The lowest BCUT2D eigenvalue weighted by atomic mass is 10.1. The summed E-state index contributed by atoms with van der Waals surface area (Å²) in [4.78, 5) is 25.4. The molecule has 4 rings (SSSR count). The number of nitrogens with zero attached hydrogens (tertiary/aromatic N) is 4. The minimum atomic E-state index is -0.498. The van der Waals surface area contributed by atoms with Crippen LogP contribution in [0.5, 0.6) is 0 Å². The fourth-order valence-corrected chi connectivity index (χ4v) is 3.77. The maximum atomic E-state index is 12.8. The number of carbonyl (C=O) groups is 1. The molecule has 2 aromatic carbocycles. The number of nitro benzene ring substituents is 1. The van der Waals surface area contributed by atoms with Crippen LogP contribution in [0.4, 0.5) is 11.4 Å². The third-order valence-electron chi connectivity index (χ3n) is 5.25. The maximum Gasteiger partial charge on any atom is 0.282 e. The van der Waals surface area contributed by atoms with Crippen LogP contribution in [0.1, 0.15) is 28.8 Å². The summed E-state index contributed by atoms with van der Waals surface area (Å²) in [6.07, 6.45) is 3.80. The summed E-state index contributed by atoms with van der Waals surface area (Å²) in [6, 6.07) is 14.5. The molecule has 0 unspecified atom stereocenters. The van der Waals surface area contributed by atoms with Crippen LogP contribution in [0.15, 0.2) is 54.7 Å². The molecular weight excluding hydrogens is 382 g/mol. The molecule has 1 amide bonds. The Bertz CT molecular complexity index is 1070. The van der Waals surface area contributed by atoms with Gasteiger partial charge in [0.2, 0.25) is 0 Å². The van der Waals surface area contributed by atoms with Crippen molar-refractivity contribution in [3.63, 3.8) is 0 Å². The van der Waals surface area contributed by atoms with E-state index in [0.29, 0.717) is 25.3 Å². The molecule has 0 saturated carbocycles. The third-order valence-corrected chi connectivity index (χ3v) is 5.25. The second kappa shape index (κ2) is 8.36. The zero-order valence-corrected chi connectivity index (χ0v) is 16.7. The Morgan fingerprint density at radius 1 is 1.17 bits per heavy atom. The largest absolute Gasteiger partial charge is 0.381 e. The summed E-state index contributed by atoms with van der Waals surface area (Å²) in [7, 11) is 1.87. The van der Waals surface area contributed by atoms with Crippen molar-refractivity contribution in [3.05, 3.63) is 76.0 Å². The van der Waals surface area contributed by atoms with Gasteiger partial charge in [0.1, 0.15) is 5.56 Å². The van der Waals surface area contributed by atoms with E-state index < -0.39 is 4.92 Å². The van der Waals surface area contributed by atoms with E-state index in [1.807, 2.05) is 43.6 Å². The van der Waals surface area contributed by atoms with Crippen LogP contribution in [-0.2, 0) is 13.6 Å². The number of aryl methyl sites for hydroxylation is 1. The van der Waals surface area contributed by atoms with Crippen molar-refractivity contribution in [1.82, 2.24) is 14.7 Å². The van der Waals surface area contributed by atoms with Gasteiger partial charge >= 0.3 is 0 Å². The van der Waals surface area contributed by atoms with Gasteiger partial charge in [0.05, 0.1) is 10.6 Å². The Kier molecular flexibility index (Phi) is 5.47. The molecule has 1 aliphatic rings. The highest BCUT2D eigenvalue weighted by Gasteiger charge is 2.27. The fraction of sp³-hybridized carbons (Fsp3) is 0.273. The van der Waals surface area contributed by atoms with Crippen molar-refractivity contribution >= 4 is 17.3 Å². The van der Waals surface area contributed by atoms with Crippen molar-refractivity contribution in [1.29, 1.82) is 0 Å². The first-order valence-corrected chi connectivity index (χ1v) is 9.92. The Morgan fingerprint density at radius 2 is 1.90 bits per heavy atom. The quantitative estimate of drug-likeness (QED) is 0.497. The van der Waals surface area contributed by atoms with E-state index in [0.717, 1.165) is 29.7 Å². The second-order valence-electron chi connectivity index (χ2n) is 7.38. The molecule has 8 heteroatoms. The number of nitrogens with one attached hydrogen (secondary N) is 1. The van der Waals surface area contributed by atoms with E-state index in [1.165, 1.54) is 6.07 Å². The van der Waals surface area contributed by atoms with Crippen molar-refractivity contribution in [3.8, 4) is 11.3 Å². The van der Waals surface area contributed by atoms with Gasteiger partial charge in [-0.1, -0.05) is 30.3 Å². The van der Waals surface area contributed by atoms with Gasteiger partial charge in [-0.2, -0.15) is 5.10 Å². The van der Waals surface area contributed by atoms with E-state index in [4.69, 9.17) is 0 Å². The van der Waals surface area contributed by atoms with Gasteiger partial charge in [0, 0.05) is 55.8 Å². The number of aromatic nitrogens is 2. The van der Waals surface area contributed by atoms with Crippen LogP contribution in [-0.4, -0.2) is 38.6 Å². The summed E-state index contributed by atoms with van der Waals surface area (Å²) in [5, 5.41) is 19.3. The topological polar surface area (TPSA) is 93.3 Å². The van der Waals surface area contributed by atoms with Crippen molar-refractivity contribution in [2.24, 2.45) is 7.05 Å². The first kappa shape index (κ1) is 19.6. The molecule has 1 fully saturated rings. The predicted molar refractivity (Wildman–Crippen MR) is 114 cm³/mol. The Balaban J connectivity index is 1.58. The highest BCUT2D eigenvalue weighted by Crippen LogP contribution is 2.27. The molecule has 0 spiro atoms. The second-order valence-corrected chi connectivity index (χ2v) is 7.38. The summed E-state index contributed by atoms with van der Waals surface area (Å²) in [5.41, 5.74) is 3.51. The van der Waals surface area contributed by atoms with Crippen molar-refractivity contribution in [2.45, 2.75) is 19.4 Å². The smallest absolute Gasteiger partial charge is 0.282 e. The average molecular weight is 405 g/mol. The summed E-state index contributed by atoms with van der Waals surface area (Å²) in [6.45, 7) is 1.76. The van der Waals surface area contributed by atoms with Gasteiger partial charge in [-0.05, 0) is 25.0 Å². The maximum absolute atomic E-state index is 12.8. The predicted octanol–water partition coefficient (Wildman–Crippen LogP) is 3.84. The SMILES string of the molecule is Cn1cc(CNc2ccc([N+](=O)[O-])c(C(=O)N3CCCC3)c2)c(-c2ccccc2)n1. The fourth-order valence-electron chi connectivity index (χ4n) is 3.77. The lowest BCUT2D eigenvalue weighted by Crippen LogP contribution is -2.28. The number of benzene rings is 2. The number of anilines is 1. The van der Waals surface area contributed by atoms with Crippen LogP contribution < -0.4 is 5.32 Å². The number of likely N-dealkylation sites (tertiary alicyclic amines) is 1. The van der Waals surface area contributed by atoms with E-state index in [9.17, 15) is 14.9 Å². The van der Waals surface area contributed by atoms with Crippen LogP contribution >= 0.6 is 0 Å². The molecule has 0 radical (unpaired) electrons. The number of hydrogen-bond acceptors (Lipinski definition) is 5. The molecule has 3 aromatic rings. The van der Waals surface area contributed by atoms with Gasteiger partial charge < -0.3 is 10.2 Å². The number of carbonyl (C=O) groups excluding carboxylic acids is 1. The first-order valence-electron chi connectivity index (χ1n) is 9.92. The lowest BCUT2D eigenvalue weighted by molar-refractivity contribution is -0.385. The van der Waals surface area contributed by atoms with Crippen molar-refractivity contribution < 1.29 is 9.72 Å². The molecule has 1 aromatic heterocycles. The summed E-state index contributed by atoms with van der Waals surface area (Å²) in [5.74, 6) is -0.283. The molecule has 2 heterocycles. The van der Waals surface area contributed by atoms with Crippen LogP contribution in [0.25, 0.3) is 11.3 Å². The van der Waals surface area contributed by atoms with E-state index >= 15 is 0 Å². The normalized spacial score (nSPS) is 13.4. The number of hydrogen-bond donors (Lipinski definition) is 1. The summed E-state index contributed by atoms with van der Waals surface area (Å²) >= 11 is 0. The van der Waals surface area contributed by atoms with Gasteiger partial charge in [-0.25, -0.2) is 0 Å². The molecule has 8 nitrogen and oxygen atoms in total. The average Bonchev–Trinajstić information content (AvgIpc) is 3.42. The van der Waals surface area contributed by atoms with Gasteiger partial charge in [-0.3, -0.25) is 19.6 Å². The number of rotatable bonds is 6. The molecular formula is C22H23N5O3. The van der Waals surface area contributed by atoms with Gasteiger partial charge in [-0.15, -0.1) is 0 Å².